The lowest BCUT2D eigenvalue weighted by Gasteiger charge is -2.18. The molecular formula is C30H50FN3O3. The van der Waals surface area contributed by atoms with Crippen molar-refractivity contribution in [1.29, 1.82) is 0 Å². The van der Waals surface area contributed by atoms with Gasteiger partial charge >= 0.3 is 5.97 Å². The summed E-state index contributed by atoms with van der Waals surface area (Å²) in [6.45, 7) is 18.5. The first-order valence-electron chi connectivity index (χ1n) is 13.1. The summed E-state index contributed by atoms with van der Waals surface area (Å²) in [6.07, 6.45) is 12.3. The third kappa shape index (κ3) is 20.0. The summed E-state index contributed by atoms with van der Waals surface area (Å²) in [4.78, 5) is 22.4. The van der Waals surface area contributed by atoms with Gasteiger partial charge in [-0.2, -0.15) is 0 Å². The number of halogens is 1. The number of carboxylic acids is 1. The fourth-order valence-electron chi connectivity index (χ4n) is 3.10. The van der Waals surface area contributed by atoms with Gasteiger partial charge in [0.05, 0.1) is 5.41 Å². The molecule has 0 saturated carbocycles. The molecule has 0 radical (unpaired) electrons. The fraction of sp³-hybridized carbons (Fsp3) is 0.533. The summed E-state index contributed by atoms with van der Waals surface area (Å²) in [6, 6.07) is 6.97. The number of hydrogen-bond donors (Lipinski definition) is 3. The number of carboxylic acid groups (broad SMARTS) is 1. The molecule has 2 rings (SSSR count). The number of nitrogens with two attached hydrogens (primary N) is 1. The van der Waals surface area contributed by atoms with Gasteiger partial charge in [0.15, 0.2) is 0 Å². The Balaban J connectivity index is 0. The fourth-order valence-corrected chi connectivity index (χ4v) is 3.10. The van der Waals surface area contributed by atoms with Crippen molar-refractivity contribution in [2.24, 2.45) is 11.1 Å². The van der Waals surface area contributed by atoms with Crippen LogP contribution in [-0.4, -0.2) is 54.6 Å². The van der Waals surface area contributed by atoms with Crippen LogP contribution in [-0.2, 0) is 16.0 Å². The predicted molar refractivity (Wildman–Crippen MR) is 154 cm³/mol. The van der Waals surface area contributed by atoms with Gasteiger partial charge in [-0.05, 0) is 90.2 Å². The molecule has 1 saturated heterocycles. The van der Waals surface area contributed by atoms with Crippen molar-refractivity contribution in [2.45, 2.75) is 73.3 Å². The summed E-state index contributed by atoms with van der Waals surface area (Å²) in [5.74, 6) is -0.892. The molecule has 0 unspecified atom stereocenters. The number of amides is 1. The van der Waals surface area contributed by atoms with Crippen LogP contribution >= 0.6 is 0 Å². The average molecular weight is 520 g/mol. The maximum absolute atomic E-state index is 13.4. The van der Waals surface area contributed by atoms with Gasteiger partial charge in [-0.1, -0.05) is 62.9 Å². The number of benzene rings is 1. The highest BCUT2D eigenvalue weighted by Crippen LogP contribution is 2.12. The zero-order valence-electron chi connectivity index (χ0n) is 23.8. The van der Waals surface area contributed by atoms with E-state index in [-0.39, 0.29) is 11.9 Å². The van der Waals surface area contributed by atoms with Gasteiger partial charge in [0.2, 0.25) is 6.41 Å². The van der Waals surface area contributed by atoms with Crippen LogP contribution in [0, 0.1) is 11.2 Å². The monoisotopic (exact) mass is 519 g/mol. The highest BCUT2D eigenvalue weighted by atomic mass is 19.1. The minimum Gasteiger partial charge on any atom is -0.481 e. The number of carbonyl (C=O) groups excluding carboxylic acids is 1. The molecule has 1 aliphatic rings. The lowest BCUT2D eigenvalue weighted by atomic mass is 9.98. The van der Waals surface area contributed by atoms with E-state index in [1.807, 2.05) is 51.1 Å². The number of allylic oxidation sites excluding steroid dienone is 3. The van der Waals surface area contributed by atoms with Crippen molar-refractivity contribution in [2.75, 3.05) is 26.2 Å². The molecule has 1 atom stereocenters. The second-order valence-electron chi connectivity index (χ2n) is 9.42. The molecule has 1 aromatic rings. The molecule has 210 valence electrons. The summed E-state index contributed by atoms with van der Waals surface area (Å²) in [5.41, 5.74) is 7.25. The molecule has 0 bridgehead atoms. The van der Waals surface area contributed by atoms with Crippen LogP contribution in [0.1, 0.15) is 66.4 Å². The van der Waals surface area contributed by atoms with Crippen LogP contribution in [0.3, 0.4) is 0 Å². The number of carbonyl (C=O) groups is 2. The molecule has 7 heteroatoms. The predicted octanol–water partition coefficient (Wildman–Crippen LogP) is 5.75. The summed E-state index contributed by atoms with van der Waals surface area (Å²) in [7, 11) is 0. The van der Waals surface area contributed by atoms with Crippen molar-refractivity contribution >= 4 is 12.4 Å². The van der Waals surface area contributed by atoms with Gasteiger partial charge in [-0.15, -0.1) is 0 Å². The Hall–Kier alpha value is -2.77. The Morgan fingerprint density at radius 1 is 1.24 bits per heavy atom. The number of nitrogens with one attached hydrogen (secondary N) is 1. The quantitative estimate of drug-likeness (QED) is 0.270. The van der Waals surface area contributed by atoms with Gasteiger partial charge in [-0.25, -0.2) is 4.39 Å². The van der Waals surface area contributed by atoms with Gasteiger partial charge in [-0.3, -0.25) is 9.59 Å². The van der Waals surface area contributed by atoms with Crippen molar-refractivity contribution in [3.8, 4) is 0 Å². The highest BCUT2D eigenvalue weighted by molar-refractivity contribution is 5.72. The Morgan fingerprint density at radius 2 is 1.81 bits per heavy atom. The zero-order valence-corrected chi connectivity index (χ0v) is 23.8. The van der Waals surface area contributed by atoms with Crippen LogP contribution in [0.25, 0.3) is 0 Å². The maximum Gasteiger partial charge on any atom is 0.308 e. The van der Waals surface area contributed by atoms with Gasteiger partial charge in [0.1, 0.15) is 5.82 Å². The van der Waals surface area contributed by atoms with E-state index in [9.17, 15) is 14.0 Å². The van der Waals surface area contributed by atoms with E-state index in [0.717, 1.165) is 24.1 Å². The highest BCUT2D eigenvalue weighted by Gasteiger charge is 2.18. The van der Waals surface area contributed by atoms with E-state index in [1.54, 1.807) is 32.9 Å². The van der Waals surface area contributed by atoms with E-state index in [0.29, 0.717) is 19.4 Å². The lowest BCUT2D eigenvalue weighted by Crippen LogP contribution is -2.30. The number of nitrogens with zero attached hydrogens (tertiary/aromatic N) is 1. The molecule has 6 nitrogen and oxygen atoms in total. The van der Waals surface area contributed by atoms with E-state index in [1.165, 1.54) is 32.0 Å². The molecule has 37 heavy (non-hydrogen) atoms. The van der Waals surface area contributed by atoms with E-state index in [4.69, 9.17) is 10.8 Å². The number of likely N-dealkylation sites (tertiary alicyclic amines) is 1. The van der Waals surface area contributed by atoms with Crippen LogP contribution < -0.4 is 11.1 Å². The normalized spacial score (nSPS) is 14.2. The van der Waals surface area contributed by atoms with Crippen molar-refractivity contribution in [1.82, 2.24) is 10.2 Å². The average Bonchev–Trinajstić information content (AvgIpc) is 3.38. The third-order valence-electron chi connectivity index (χ3n) is 5.20. The summed E-state index contributed by atoms with van der Waals surface area (Å²) >= 11 is 0. The van der Waals surface area contributed by atoms with E-state index in [2.05, 4.69) is 16.8 Å². The molecule has 0 aromatic heterocycles. The standard InChI is InChI=1S/C14H21FN2.C9H13NO.C5H10O2.C2H6/c15-14-6-2-1-5-12(14)11-13(16)7-10-17-8-3-4-9-17;1-3-5-9(6-4-2)7-10-8-11;1-5(2,3)4(6)7;1-2/h1-2,5-6,13H,3-4,7-11,16H2;3-6,8H,1,7H2,2H3,(H,10,11);1-3H3,(H,6,7);1-2H3/b;6-4-,9-5+;;/t13-;;;/m0.../s1. The molecule has 1 aromatic carbocycles. The second kappa shape index (κ2) is 22.4. The molecule has 1 fully saturated rings. The third-order valence-corrected chi connectivity index (χ3v) is 5.20. The van der Waals surface area contributed by atoms with Crippen molar-refractivity contribution in [3.63, 3.8) is 0 Å². The number of aliphatic carboxylic acids is 1. The second-order valence-corrected chi connectivity index (χ2v) is 9.42. The van der Waals surface area contributed by atoms with E-state index < -0.39 is 11.4 Å². The molecule has 4 N–H and O–H groups in total. The Bertz CT molecular complexity index is 811. The van der Waals surface area contributed by atoms with Crippen LogP contribution in [0.15, 0.2) is 60.7 Å². The zero-order chi connectivity index (χ0) is 28.7. The number of rotatable bonds is 10. The molecule has 0 spiro atoms. The van der Waals surface area contributed by atoms with Crippen LogP contribution in [0.2, 0.25) is 0 Å². The minimum absolute atomic E-state index is 0.0625. The first-order valence-corrected chi connectivity index (χ1v) is 13.1. The van der Waals surface area contributed by atoms with Crippen molar-refractivity contribution < 1.29 is 19.1 Å². The topological polar surface area (TPSA) is 95.7 Å². The number of hydrogen-bond acceptors (Lipinski definition) is 4. The Labute approximate surface area is 224 Å². The Kier molecular flexibility index (Phi) is 22.1. The first-order chi connectivity index (χ1) is 17.5. The largest absolute Gasteiger partial charge is 0.481 e. The van der Waals surface area contributed by atoms with Crippen LogP contribution in [0.5, 0.6) is 0 Å². The molecule has 0 aliphatic carbocycles. The lowest BCUT2D eigenvalue weighted by molar-refractivity contribution is -0.145. The smallest absolute Gasteiger partial charge is 0.308 e. The van der Waals surface area contributed by atoms with Gasteiger partial charge < -0.3 is 21.1 Å². The van der Waals surface area contributed by atoms with E-state index >= 15 is 0 Å². The Morgan fingerprint density at radius 3 is 2.27 bits per heavy atom. The molecular weight excluding hydrogens is 469 g/mol. The van der Waals surface area contributed by atoms with Crippen LogP contribution in [0.4, 0.5) is 4.39 Å². The van der Waals surface area contributed by atoms with Gasteiger partial charge in [0, 0.05) is 12.6 Å². The summed E-state index contributed by atoms with van der Waals surface area (Å²) < 4.78 is 13.4. The molecule has 1 heterocycles. The maximum atomic E-state index is 13.4. The van der Waals surface area contributed by atoms with Gasteiger partial charge in [0.25, 0.3) is 0 Å². The minimum atomic E-state index is -0.757. The molecule has 1 amide bonds. The first kappa shape index (κ1) is 36.4. The molecule has 1 aliphatic heterocycles. The SMILES string of the molecule is C=C/C=C(\C=C/C)CNC=O.CC.CC(C)(C)C(=O)O.N[C@@H](CCN1CCCC1)Cc1ccccc1F. The van der Waals surface area contributed by atoms with Crippen molar-refractivity contribution in [3.05, 3.63) is 72.1 Å². The summed E-state index contributed by atoms with van der Waals surface area (Å²) in [5, 5.41) is 10.8.